The number of esters is 1. The lowest BCUT2D eigenvalue weighted by atomic mass is 10.0. The van der Waals surface area contributed by atoms with Crippen molar-refractivity contribution in [3.05, 3.63) is 64.7 Å². The van der Waals surface area contributed by atoms with Gasteiger partial charge < -0.3 is 10.1 Å². The van der Waals surface area contributed by atoms with E-state index in [0.29, 0.717) is 13.0 Å². The number of benzene rings is 2. The van der Waals surface area contributed by atoms with Gasteiger partial charge in [0.1, 0.15) is 0 Å². The average molecular weight is 283 g/mol. The van der Waals surface area contributed by atoms with Crippen molar-refractivity contribution in [3.63, 3.8) is 0 Å². The molecule has 3 nitrogen and oxygen atoms in total. The molecule has 3 heteroatoms. The predicted octanol–water partition coefficient (Wildman–Crippen LogP) is 3.63. The van der Waals surface area contributed by atoms with Crippen molar-refractivity contribution in [2.24, 2.45) is 0 Å². The van der Waals surface area contributed by atoms with E-state index in [2.05, 4.69) is 37.4 Å². The lowest BCUT2D eigenvalue weighted by molar-refractivity contribution is -0.139. The summed E-state index contributed by atoms with van der Waals surface area (Å²) < 4.78 is 4.74. The molecule has 0 spiro atoms. The van der Waals surface area contributed by atoms with Crippen LogP contribution in [0, 0.1) is 13.8 Å². The maximum absolute atomic E-state index is 11.5. The standard InChI is InChI=1S/C18H21NO2/c1-13-8-9-17(14(2)10-13)19-12-16-7-5-4-6-15(16)11-18(20)21-3/h4-10,19H,11-12H2,1-3H3. The fraction of sp³-hybridized carbons (Fsp3) is 0.278. The van der Waals surface area contributed by atoms with Crippen LogP contribution in [0.2, 0.25) is 0 Å². The van der Waals surface area contributed by atoms with Gasteiger partial charge in [0, 0.05) is 12.2 Å². The molecular formula is C18H21NO2. The number of rotatable bonds is 5. The molecule has 21 heavy (non-hydrogen) atoms. The molecule has 0 aliphatic heterocycles. The van der Waals surface area contributed by atoms with Crippen LogP contribution in [0.3, 0.4) is 0 Å². The van der Waals surface area contributed by atoms with Crippen molar-refractivity contribution in [2.75, 3.05) is 12.4 Å². The molecule has 0 aromatic heterocycles. The molecule has 0 atom stereocenters. The summed E-state index contributed by atoms with van der Waals surface area (Å²) >= 11 is 0. The lowest BCUT2D eigenvalue weighted by Crippen LogP contribution is -2.09. The van der Waals surface area contributed by atoms with Gasteiger partial charge in [-0.2, -0.15) is 0 Å². The number of hydrogen-bond donors (Lipinski definition) is 1. The van der Waals surface area contributed by atoms with Crippen LogP contribution in [0.5, 0.6) is 0 Å². The number of methoxy groups -OCH3 is 1. The maximum Gasteiger partial charge on any atom is 0.309 e. The van der Waals surface area contributed by atoms with E-state index < -0.39 is 0 Å². The van der Waals surface area contributed by atoms with Gasteiger partial charge >= 0.3 is 5.97 Å². The molecule has 110 valence electrons. The van der Waals surface area contributed by atoms with Crippen LogP contribution in [0.25, 0.3) is 0 Å². The van der Waals surface area contributed by atoms with Crippen molar-refractivity contribution in [2.45, 2.75) is 26.8 Å². The molecule has 0 saturated carbocycles. The smallest absolute Gasteiger partial charge is 0.309 e. The Hall–Kier alpha value is -2.29. The van der Waals surface area contributed by atoms with Crippen LogP contribution in [-0.2, 0) is 22.5 Å². The Labute approximate surface area is 126 Å². The number of carbonyl (C=O) groups is 1. The summed E-state index contributed by atoms with van der Waals surface area (Å²) in [7, 11) is 1.42. The first kappa shape index (κ1) is 15.1. The normalized spacial score (nSPS) is 10.2. The first-order valence-electron chi connectivity index (χ1n) is 7.05. The molecule has 1 N–H and O–H groups in total. The Morgan fingerprint density at radius 2 is 1.81 bits per heavy atom. The zero-order valence-electron chi connectivity index (χ0n) is 12.8. The Morgan fingerprint density at radius 3 is 2.48 bits per heavy atom. The summed E-state index contributed by atoms with van der Waals surface area (Å²) in [4.78, 5) is 11.5. The summed E-state index contributed by atoms with van der Waals surface area (Å²) in [6.45, 7) is 4.87. The summed E-state index contributed by atoms with van der Waals surface area (Å²) in [5.74, 6) is -0.214. The molecule has 2 aromatic rings. The van der Waals surface area contributed by atoms with Crippen molar-refractivity contribution in [1.29, 1.82) is 0 Å². The third kappa shape index (κ3) is 4.09. The van der Waals surface area contributed by atoms with Gasteiger partial charge in [0.25, 0.3) is 0 Å². The number of ether oxygens (including phenoxy) is 1. The molecule has 0 radical (unpaired) electrons. The Balaban J connectivity index is 2.11. The van der Waals surface area contributed by atoms with E-state index in [1.54, 1.807) is 0 Å². The summed E-state index contributed by atoms with van der Waals surface area (Å²) in [5.41, 5.74) is 5.71. The van der Waals surface area contributed by atoms with Gasteiger partial charge in [-0.1, -0.05) is 42.0 Å². The van der Waals surface area contributed by atoms with Gasteiger partial charge in [-0.25, -0.2) is 0 Å². The minimum Gasteiger partial charge on any atom is -0.469 e. The highest BCUT2D eigenvalue weighted by molar-refractivity contribution is 5.73. The maximum atomic E-state index is 11.5. The van der Waals surface area contributed by atoms with E-state index in [1.165, 1.54) is 18.2 Å². The highest BCUT2D eigenvalue weighted by Gasteiger charge is 2.08. The minimum atomic E-state index is -0.214. The van der Waals surface area contributed by atoms with Crippen LogP contribution in [0.4, 0.5) is 5.69 Å². The van der Waals surface area contributed by atoms with E-state index in [-0.39, 0.29) is 5.97 Å². The Kier molecular flexibility index (Phi) is 4.99. The number of carbonyl (C=O) groups excluding carboxylic acids is 1. The second-order valence-corrected chi connectivity index (χ2v) is 5.19. The molecule has 0 unspecified atom stereocenters. The zero-order chi connectivity index (χ0) is 15.2. The van der Waals surface area contributed by atoms with Gasteiger partial charge in [0.2, 0.25) is 0 Å². The third-order valence-electron chi connectivity index (χ3n) is 3.53. The van der Waals surface area contributed by atoms with E-state index in [1.807, 2.05) is 24.3 Å². The highest BCUT2D eigenvalue weighted by atomic mass is 16.5. The van der Waals surface area contributed by atoms with Crippen molar-refractivity contribution >= 4 is 11.7 Å². The van der Waals surface area contributed by atoms with Gasteiger partial charge in [-0.3, -0.25) is 4.79 Å². The molecule has 0 amide bonds. The van der Waals surface area contributed by atoms with Gasteiger partial charge in [0.15, 0.2) is 0 Å². The molecule has 0 aliphatic rings. The number of nitrogens with one attached hydrogen (secondary N) is 1. The number of aryl methyl sites for hydroxylation is 2. The lowest BCUT2D eigenvalue weighted by Gasteiger charge is -2.13. The van der Waals surface area contributed by atoms with Crippen molar-refractivity contribution in [3.8, 4) is 0 Å². The van der Waals surface area contributed by atoms with Gasteiger partial charge in [-0.05, 0) is 36.6 Å². The summed E-state index contributed by atoms with van der Waals surface area (Å²) in [6.07, 6.45) is 0.307. The second-order valence-electron chi connectivity index (χ2n) is 5.19. The van der Waals surface area contributed by atoms with Gasteiger partial charge in [-0.15, -0.1) is 0 Å². The van der Waals surface area contributed by atoms with E-state index >= 15 is 0 Å². The number of hydrogen-bond acceptors (Lipinski definition) is 3. The average Bonchev–Trinajstić information content (AvgIpc) is 2.47. The van der Waals surface area contributed by atoms with Crippen molar-refractivity contribution in [1.82, 2.24) is 0 Å². The topological polar surface area (TPSA) is 38.3 Å². The molecule has 2 rings (SSSR count). The molecule has 0 bridgehead atoms. The first-order valence-corrected chi connectivity index (χ1v) is 7.05. The van der Waals surface area contributed by atoms with Crippen LogP contribution in [0.15, 0.2) is 42.5 Å². The largest absolute Gasteiger partial charge is 0.469 e. The predicted molar refractivity (Wildman–Crippen MR) is 85.4 cm³/mol. The minimum absolute atomic E-state index is 0.214. The Bertz CT molecular complexity index is 635. The van der Waals surface area contributed by atoms with Crippen molar-refractivity contribution < 1.29 is 9.53 Å². The SMILES string of the molecule is COC(=O)Cc1ccccc1CNc1ccc(C)cc1C. The van der Waals surface area contributed by atoms with E-state index in [9.17, 15) is 4.79 Å². The van der Waals surface area contributed by atoms with E-state index in [4.69, 9.17) is 4.74 Å². The first-order chi connectivity index (χ1) is 10.1. The second kappa shape index (κ2) is 6.93. The fourth-order valence-electron chi connectivity index (χ4n) is 2.33. The summed E-state index contributed by atoms with van der Waals surface area (Å²) in [5, 5.41) is 3.44. The Morgan fingerprint density at radius 1 is 1.10 bits per heavy atom. The molecule has 0 aliphatic carbocycles. The van der Waals surface area contributed by atoms with Crippen LogP contribution < -0.4 is 5.32 Å². The quantitative estimate of drug-likeness (QED) is 0.852. The fourth-order valence-corrected chi connectivity index (χ4v) is 2.33. The molecule has 0 heterocycles. The molecule has 0 fully saturated rings. The summed E-state index contributed by atoms with van der Waals surface area (Å²) in [6, 6.07) is 14.3. The third-order valence-corrected chi connectivity index (χ3v) is 3.53. The molecule has 2 aromatic carbocycles. The monoisotopic (exact) mass is 283 g/mol. The highest BCUT2D eigenvalue weighted by Crippen LogP contribution is 2.18. The molecular weight excluding hydrogens is 262 g/mol. The molecule has 0 saturated heterocycles. The van der Waals surface area contributed by atoms with Crippen LogP contribution in [-0.4, -0.2) is 13.1 Å². The van der Waals surface area contributed by atoms with Gasteiger partial charge in [0.05, 0.1) is 13.5 Å². The zero-order valence-corrected chi connectivity index (χ0v) is 12.8. The van der Waals surface area contributed by atoms with Crippen LogP contribution >= 0.6 is 0 Å². The van der Waals surface area contributed by atoms with Crippen LogP contribution in [0.1, 0.15) is 22.3 Å². The number of anilines is 1. The van der Waals surface area contributed by atoms with E-state index in [0.717, 1.165) is 16.8 Å².